The van der Waals surface area contributed by atoms with E-state index in [-0.39, 0.29) is 5.91 Å². The summed E-state index contributed by atoms with van der Waals surface area (Å²) in [5.41, 5.74) is 4.23. The smallest absolute Gasteiger partial charge is 0.272 e. The van der Waals surface area contributed by atoms with Crippen molar-refractivity contribution in [1.29, 1.82) is 0 Å². The van der Waals surface area contributed by atoms with Gasteiger partial charge >= 0.3 is 0 Å². The first-order chi connectivity index (χ1) is 12.0. The highest BCUT2D eigenvalue weighted by Gasteiger charge is 2.25. The molecule has 1 aromatic carbocycles. The molecule has 130 valence electrons. The number of rotatable bonds is 2. The number of anilines is 1. The van der Waals surface area contributed by atoms with Crippen molar-refractivity contribution < 1.29 is 4.79 Å². The number of carbonyl (C=O) groups is 1. The molecule has 2 aromatic heterocycles. The molecule has 3 aromatic rings. The van der Waals surface area contributed by atoms with E-state index >= 15 is 0 Å². The fraction of sp³-hybridized carbons (Fsp3) is 0.389. The summed E-state index contributed by atoms with van der Waals surface area (Å²) in [6.45, 7) is 7.26. The number of amides is 1. The van der Waals surface area contributed by atoms with Gasteiger partial charge in [-0.1, -0.05) is 17.4 Å². The molecule has 1 aliphatic rings. The Kier molecular flexibility index (Phi) is 3.95. The quantitative estimate of drug-likeness (QED) is 0.709. The van der Waals surface area contributed by atoms with E-state index in [4.69, 9.17) is 4.98 Å². The zero-order chi connectivity index (χ0) is 17.6. The molecule has 0 unspecified atom stereocenters. The van der Waals surface area contributed by atoms with Gasteiger partial charge in [0.05, 0.1) is 22.7 Å². The first-order valence-corrected chi connectivity index (χ1v) is 9.23. The second-order valence-electron chi connectivity index (χ2n) is 6.59. The van der Waals surface area contributed by atoms with Crippen LogP contribution < -0.4 is 4.90 Å². The zero-order valence-corrected chi connectivity index (χ0v) is 15.5. The summed E-state index contributed by atoms with van der Waals surface area (Å²) in [5.74, 6) is 0.0513. The van der Waals surface area contributed by atoms with Crippen molar-refractivity contribution in [3.8, 4) is 0 Å². The maximum absolute atomic E-state index is 12.6. The van der Waals surface area contributed by atoms with Crippen molar-refractivity contribution in [2.24, 2.45) is 7.05 Å². The average molecular weight is 355 g/mol. The monoisotopic (exact) mass is 355 g/mol. The molecule has 7 heteroatoms. The fourth-order valence-corrected chi connectivity index (χ4v) is 4.51. The van der Waals surface area contributed by atoms with Crippen molar-refractivity contribution in [2.45, 2.75) is 13.8 Å². The van der Waals surface area contributed by atoms with E-state index in [0.29, 0.717) is 18.8 Å². The Bertz CT molecular complexity index is 936. The number of hydrogen-bond donors (Lipinski definition) is 0. The van der Waals surface area contributed by atoms with Gasteiger partial charge < -0.3 is 14.4 Å². The Balaban J connectivity index is 1.49. The topological polar surface area (TPSA) is 54.3 Å². The summed E-state index contributed by atoms with van der Waals surface area (Å²) >= 11 is 1.74. The largest absolute Gasteiger partial charge is 0.345 e. The molecule has 0 radical (unpaired) electrons. The first-order valence-electron chi connectivity index (χ1n) is 8.41. The van der Waals surface area contributed by atoms with Crippen LogP contribution in [0.25, 0.3) is 10.2 Å². The number of fused-ring (bicyclic) bond motifs is 1. The molecule has 1 aliphatic heterocycles. The third kappa shape index (κ3) is 2.89. The van der Waals surface area contributed by atoms with Crippen molar-refractivity contribution in [3.05, 3.63) is 41.5 Å². The molecule has 4 rings (SSSR count). The standard InChI is InChI=1S/C18H21N5OS/c1-12-8-13(2)16-15(9-12)25-18(20-16)23-6-4-22(5-7-23)17(24)14-10-19-11-21(14)3/h8-11H,4-7H2,1-3H3. The highest BCUT2D eigenvalue weighted by molar-refractivity contribution is 7.22. The number of hydrogen-bond acceptors (Lipinski definition) is 5. The lowest BCUT2D eigenvalue weighted by molar-refractivity contribution is 0.0737. The summed E-state index contributed by atoms with van der Waals surface area (Å²) in [5, 5.41) is 1.05. The first kappa shape index (κ1) is 16.1. The molecule has 3 heterocycles. The van der Waals surface area contributed by atoms with E-state index in [1.807, 2.05) is 11.9 Å². The third-order valence-corrected chi connectivity index (χ3v) is 5.75. The van der Waals surface area contributed by atoms with Crippen LogP contribution in [0.1, 0.15) is 21.6 Å². The van der Waals surface area contributed by atoms with E-state index in [9.17, 15) is 4.79 Å². The van der Waals surface area contributed by atoms with Gasteiger partial charge in [-0.25, -0.2) is 9.97 Å². The zero-order valence-electron chi connectivity index (χ0n) is 14.7. The molecule has 25 heavy (non-hydrogen) atoms. The van der Waals surface area contributed by atoms with Crippen molar-refractivity contribution >= 4 is 32.6 Å². The molecular weight excluding hydrogens is 334 g/mol. The van der Waals surface area contributed by atoms with Crippen LogP contribution >= 0.6 is 11.3 Å². The molecule has 0 aliphatic carbocycles. The maximum Gasteiger partial charge on any atom is 0.272 e. The number of thiazole rings is 1. The molecule has 1 fully saturated rings. The van der Waals surface area contributed by atoms with Crippen LogP contribution in [0.2, 0.25) is 0 Å². The highest BCUT2D eigenvalue weighted by atomic mass is 32.1. The lowest BCUT2D eigenvalue weighted by Crippen LogP contribution is -2.49. The van der Waals surface area contributed by atoms with Crippen LogP contribution in [-0.2, 0) is 7.05 Å². The number of nitrogens with zero attached hydrogens (tertiary/aromatic N) is 5. The minimum atomic E-state index is 0.0513. The Labute approximate surface area is 150 Å². The molecule has 0 atom stereocenters. The highest BCUT2D eigenvalue weighted by Crippen LogP contribution is 2.32. The maximum atomic E-state index is 12.6. The van der Waals surface area contributed by atoms with Crippen LogP contribution in [-0.4, -0.2) is 51.5 Å². The number of piperazine rings is 1. The number of imidazole rings is 1. The van der Waals surface area contributed by atoms with E-state index in [1.165, 1.54) is 15.8 Å². The molecule has 0 bridgehead atoms. The summed E-state index contributed by atoms with van der Waals surface area (Å²) in [6.07, 6.45) is 3.29. The third-order valence-electron chi connectivity index (χ3n) is 4.69. The van der Waals surface area contributed by atoms with E-state index in [2.05, 4.69) is 35.9 Å². The Morgan fingerprint density at radius 3 is 2.60 bits per heavy atom. The molecule has 0 saturated carbocycles. The molecule has 0 N–H and O–H groups in total. The number of carbonyl (C=O) groups excluding carboxylic acids is 1. The molecular formula is C18H21N5OS. The summed E-state index contributed by atoms with van der Waals surface area (Å²) in [6, 6.07) is 4.38. The lowest BCUT2D eigenvalue weighted by Gasteiger charge is -2.34. The van der Waals surface area contributed by atoms with E-state index in [0.717, 1.165) is 23.7 Å². The summed E-state index contributed by atoms with van der Waals surface area (Å²) in [4.78, 5) is 25.6. The Morgan fingerprint density at radius 1 is 1.16 bits per heavy atom. The molecule has 1 amide bonds. The molecule has 0 spiro atoms. The van der Waals surface area contributed by atoms with Crippen LogP contribution in [0.4, 0.5) is 5.13 Å². The van der Waals surface area contributed by atoms with Gasteiger partial charge in [-0.15, -0.1) is 0 Å². The van der Waals surface area contributed by atoms with Crippen LogP contribution in [0.3, 0.4) is 0 Å². The van der Waals surface area contributed by atoms with Gasteiger partial charge in [0.25, 0.3) is 5.91 Å². The van der Waals surface area contributed by atoms with Crippen LogP contribution in [0, 0.1) is 13.8 Å². The molecule has 6 nitrogen and oxygen atoms in total. The van der Waals surface area contributed by atoms with Gasteiger partial charge in [-0.05, 0) is 31.0 Å². The van der Waals surface area contributed by atoms with Crippen LogP contribution in [0.15, 0.2) is 24.7 Å². The normalized spacial score (nSPS) is 15.2. The lowest BCUT2D eigenvalue weighted by atomic mass is 10.1. The second kappa shape index (κ2) is 6.15. The van der Waals surface area contributed by atoms with Crippen molar-refractivity contribution in [1.82, 2.24) is 19.4 Å². The Hall–Kier alpha value is -2.41. The van der Waals surface area contributed by atoms with E-state index in [1.54, 1.807) is 28.4 Å². The van der Waals surface area contributed by atoms with Crippen LogP contribution in [0.5, 0.6) is 0 Å². The summed E-state index contributed by atoms with van der Waals surface area (Å²) < 4.78 is 3.01. The SMILES string of the molecule is Cc1cc(C)c2nc(N3CCN(C(=O)c4cncn4C)CC3)sc2c1. The molecule has 1 saturated heterocycles. The number of aryl methyl sites for hydroxylation is 3. The van der Waals surface area contributed by atoms with Gasteiger partial charge in [0.15, 0.2) is 5.13 Å². The van der Waals surface area contributed by atoms with E-state index < -0.39 is 0 Å². The fourth-order valence-electron chi connectivity index (χ4n) is 3.32. The van der Waals surface area contributed by atoms with Gasteiger partial charge in [0, 0.05) is 33.2 Å². The second-order valence-corrected chi connectivity index (χ2v) is 7.60. The van der Waals surface area contributed by atoms with Gasteiger partial charge in [-0.2, -0.15) is 0 Å². The summed E-state index contributed by atoms with van der Waals surface area (Å²) in [7, 11) is 1.85. The van der Waals surface area contributed by atoms with Gasteiger partial charge in [0.1, 0.15) is 5.69 Å². The minimum absolute atomic E-state index is 0.0513. The number of aromatic nitrogens is 3. The van der Waals surface area contributed by atoms with Gasteiger partial charge in [-0.3, -0.25) is 4.79 Å². The van der Waals surface area contributed by atoms with Gasteiger partial charge in [0.2, 0.25) is 0 Å². The Morgan fingerprint density at radius 2 is 1.92 bits per heavy atom. The van der Waals surface area contributed by atoms with Crippen molar-refractivity contribution in [2.75, 3.05) is 31.1 Å². The number of benzene rings is 1. The van der Waals surface area contributed by atoms with Crippen molar-refractivity contribution in [3.63, 3.8) is 0 Å². The average Bonchev–Trinajstić information content (AvgIpc) is 3.20. The minimum Gasteiger partial charge on any atom is -0.345 e. The predicted octanol–water partition coefficient (Wildman–Crippen LogP) is 2.61. The predicted molar refractivity (Wildman–Crippen MR) is 100 cm³/mol.